The van der Waals surface area contributed by atoms with Gasteiger partial charge in [0, 0.05) is 16.8 Å². The first-order chi connectivity index (χ1) is 12.0. The van der Waals surface area contributed by atoms with E-state index >= 15 is 0 Å². The fourth-order valence-corrected chi connectivity index (χ4v) is 2.40. The Labute approximate surface area is 146 Å². The van der Waals surface area contributed by atoms with Crippen molar-refractivity contribution < 1.29 is 19.1 Å². The van der Waals surface area contributed by atoms with Gasteiger partial charge in [-0.2, -0.15) is 0 Å². The molecule has 1 unspecified atom stereocenters. The first-order valence-electron chi connectivity index (χ1n) is 7.96. The number of Topliss-reactive ketones (excluding diaryl/α,β-unsaturated/α-hetero) is 2. The van der Waals surface area contributed by atoms with E-state index < -0.39 is 17.7 Å². The van der Waals surface area contributed by atoms with Gasteiger partial charge in [0.05, 0.1) is 13.0 Å². The first kappa shape index (κ1) is 18.3. The minimum Gasteiger partial charge on any atom is -0.465 e. The number of ether oxygens (including phenoxy) is 1. The molecule has 0 aliphatic heterocycles. The van der Waals surface area contributed by atoms with Gasteiger partial charge in [-0.3, -0.25) is 14.4 Å². The van der Waals surface area contributed by atoms with Crippen LogP contribution >= 0.6 is 0 Å². The number of benzene rings is 2. The zero-order valence-corrected chi connectivity index (χ0v) is 13.9. The summed E-state index contributed by atoms with van der Waals surface area (Å²) in [6.45, 7) is 1.72. The Morgan fingerprint density at radius 2 is 1.44 bits per heavy atom. The molecule has 0 aromatic heterocycles. The summed E-state index contributed by atoms with van der Waals surface area (Å²) in [5.41, 5.74) is 0.473. The zero-order valence-electron chi connectivity index (χ0n) is 13.9. The fourth-order valence-electron chi connectivity index (χ4n) is 2.40. The summed E-state index contributed by atoms with van der Waals surface area (Å²) in [5.74, 6) is -3.07. The molecule has 1 N–H and O–H groups in total. The number of nitrogens with one attached hydrogen (secondary N) is 1. The molecule has 0 heterocycles. The Morgan fingerprint density at radius 3 is 1.96 bits per heavy atom. The van der Waals surface area contributed by atoms with Crippen molar-refractivity contribution in [3.63, 3.8) is 0 Å². The van der Waals surface area contributed by atoms with Crippen LogP contribution in [0.25, 0.3) is 0 Å². The molecule has 0 bridgehead atoms. The second kappa shape index (κ2) is 8.68. The summed E-state index contributed by atoms with van der Waals surface area (Å²) in [7, 11) is 0. The summed E-state index contributed by atoms with van der Waals surface area (Å²) in [5, 5.41) is 8.17. The van der Waals surface area contributed by atoms with Gasteiger partial charge in [0.25, 0.3) is 0 Å². The lowest BCUT2D eigenvalue weighted by molar-refractivity contribution is -0.144. The van der Waals surface area contributed by atoms with Crippen molar-refractivity contribution in [3.8, 4) is 0 Å². The number of ketones is 2. The van der Waals surface area contributed by atoms with Gasteiger partial charge < -0.3 is 10.1 Å². The Bertz CT molecular complexity index is 769. The second-order valence-corrected chi connectivity index (χ2v) is 5.41. The number of hydrogen-bond donors (Lipinski definition) is 1. The van der Waals surface area contributed by atoms with Gasteiger partial charge in [-0.1, -0.05) is 60.7 Å². The molecule has 0 fully saturated rings. The average molecular weight is 337 g/mol. The van der Waals surface area contributed by atoms with E-state index in [1.807, 2.05) is 0 Å². The highest BCUT2D eigenvalue weighted by molar-refractivity contribution is 6.26. The van der Waals surface area contributed by atoms with Gasteiger partial charge in [0.15, 0.2) is 17.5 Å². The SMILES string of the molecule is CCOC(=O)C(C(=N)CC(=O)c1ccccc1)C(=O)c1ccccc1. The van der Waals surface area contributed by atoms with Crippen molar-refractivity contribution in [1.82, 2.24) is 0 Å². The maximum atomic E-state index is 12.7. The number of esters is 1. The molecular formula is C20H19NO4. The van der Waals surface area contributed by atoms with E-state index in [2.05, 4.69) is 0 Å². The zero-order chi connectivity index (χ0) is 18.2. The Kier molecular flexibility index (Phi) is 6.34. The molecular weight excluding hydrogens is 318 g/mol. The van der Waals surface area contributed by atoms with Crippen molar-refractivity contribution in [2.45, 2.75) is 13.3 Å². The second-order valence-electron chi connectivity index (χ2n) is 5.41. The summed E-state index contributed by atoms with van der Waals surface area (Å²) in [4.78, 5) is 37.2. The van der Waals surface area contributed by atoms with Crippen LogP contribution in [0.2, 0.25) is 0 Å². The average Bonchev–Trinajstić information content (AvgIpc) is 2.63. The van der Waals surface area contributed by atoms with Crippen LogP contribution in [0.5, 0.6) is 0 Å². The summed E-state index contributed by atoms with van der Waals surface area (Å²) in [6.07, 6.45) is -0.313. The number of carbonyl (C=O) groups is 3. The van der Waals surface area contributed by atoms with Crippen LogP contribution in [0.1, 0.15) is 34.1 Å². The van der Waals surface area contributed by atoms with Crippen LogP contribution in [0.4, 0.5) is 0 Å². The smallest absolute Gasteiger partial charge is 0.322 e. The van der Waals surface area contributed by atoms with Crippen LogP contribution in [0, 0.1) is 11.3 Å². The molecule has 128 valence electrons. The molecule has 2 aromatic rings. The van der Waals surface area contributed by atoms with Crippen molar-refractivity contribution in [2.24, 2.45) is 5.92 Å². The van der Waals surface area contributed by atoms with E-state index in [9.17, 15) is 14.4 Å². The molecule has 2 rings (SSSR count). The van der Waals surface area contributed by atoms with Crippen LogP contribution in [-0.2, 0) is 9.53 Å². The quantitative estimate of drug-likeness (QED) is 0.346. The van der Waals surface area contributed by atoms with Gasteiger partial charge in [0.1, 0.15) is 0 Å². The Morgan fingerprint density at radius 1 is 0.920 bits per heavy atom. The molecule has 0 saturated carbocycles. The molecule has 0 radical (unpaired) electrons. The highest BCUT2D eigenvalue weighted by Gasteiger charge is 2.34. The highest BCUT2D eigenvalue weighted by Crippen LogP contribution is 2.16. The van der Waals surface area contributed by atoms with Gasteiger partial charge in [-0.15, -0.1) is 0 Å². The molecule has 0 aliphatic carbocycles. The monoisotopic (exact) mass is 337 g/mol. The van der Waals surface area contributed by atoms with E-state index in [0.717, 1.165) is 0 Å². The normalized spacial score (nSPS) is 11.4. The van der Waals surface area contributed by atoms with Crippen LogP contribution < -0.4 is 0 Å². The molecule has 0 saturated heterocycles. The van der Waals surface area contributed by atoms with Gasteiger partial charge in [0.2, 0.25) is 0 Å². The van der Waals surface area contributed by atoms with E-state index in [0.29, 0.717) is 11.1 Å². The minimum atomic E-state index is -1.41. The van der Waals surface area contributed by atoms with Crippen molar-refractivity contribution in [1.29, 1.82) is 5.41 Å². The summed E-state index contributed by atoms with van der Waals surface area (Å²) >= 11 is 0. The predicted molar refractivity (Wildman–Crippen MR) is 94.0 cm³/mol. The first-order valence-corrected chi connectivity index (χ1v) is 7.96. The number of hydrogen-bond acceptors (Lipinski definition) is 5. The molecule has 25 heavy (non-hydrogen) atoms. The van der Waals surface area contributed by atoms with Crippen molar-refractivity contribution in [3.05, 3.63) is 71.8 Å². The van der Waals surface area contributed by atoms with E-state index in [4.69, 9.17) is 10.1 Å². The molecule has 5 nitrogen and oxygen atoms in total. The highest BCUT2D eigenvalue weighted by atomic mass is 16.5. The maximum absolute atomic E-state index is 12.7. The lowest BCUT2D eigenvalue weighted by Crippen LogP contribution is -2.34. The maximum Gasteiger partial charge on any atom is 0.322 e. The third kappa shape index (κ3) is 4.70. The van der Waals surface area contributed by atoms with E-state index in [-0.39, 0.29) is 24.5 Å². The van der Waals surface area contributed by atoms with Crippen LogP contribution in [0.3, 0.4) is 0 Å². The lowest BCUT2D eigenvalue weighted by Gasteiger charge is -2.15. The third-order valence-electron chi connectivity index (χ3n) is 3.64. The molecule has 1 atom stereocenters. The molecule has 2 aromatic carbocycles. The van der Waals surface area contributed by atoms with Crippen molar-refractivity contribution >= 4 is 23.2 Å². The van der Waals surface area contributed by atoms with Gasteiger partial charge in [-0.05, 0) is 6.92 Å². The van der Waals surface area contributed by atoms with Gasteiger partial charge in [-0.25, -0.2) is 0 Å². The minimum absolute atomic E-state index is 0.0946. The summed E-state index contributed by atoms with van der Waals surface area (Å²) < 4.78 is 4.94. The molecule has 5 heteroatoms. The van der Waals surface area contributed by atoms with E-state index in [1.54, 1.807) is 67.6 Å². The molecule has 0 aliphatic rings. The Balaban J connectivity index is 2.23. The molecule has 0 spiro atoms. The van der Waals surface area contributed by atoms with Crippen LogP contribution in [-0.4, -0.2) is 29.9 Å². The van der Waals surface area contributed by atoms with E-state index in [1.165, 1.54) is 0 Å². The topological polar surface area (TPSA) is 84.3 Å². The molecule has 0 amide bonds. The van der Waals surface area contributed by atoms with Gasteiger partial charge >= 0.3 is 5.97 Å². The Hall–Kier alpha value is -3.08. The largest absolute Gasteiger partial charge is 0.465 e. The van der Waals surface area contributed by atoms with Crippen LogP contribution in [0.15, 0.2) is 60.7 Å². The summed E-state index contributed by atoms with van der Waals surface area (Å²) in [6, 6.07) is 16.7. The fraction of sp³-hybridized carbons (Fsp3) is 0.200. The predicted octanol–water partition coefficient (Wildman–Crippen LogP) is 3.34. The van der Waals surface area contributed by atoms with Crippen molar-refractivity contribution in [2.75, 3.05) is 6.61 Å². The standard InChI is InChI=1S/C20H19NO4/c1-2-25-20(24)18(19(23)15-11-7-4-8-12-15)16(21)13-17(22)14-9-5-3-6-10-14/h3-12,18,21H,2,13H2,1H3. The lowest BCUT2D eigenvalue weighted by atomic mass is 9.89. The third-order valence-corrected chi connectivity index (χ3v) is 3.64. The number of rotatable bonds is 8. The number of carbonyl (C=O) groups excluding carboxylic acids is 3.